The molecule has 0 aliphatic heterocycles. The molecule has 0 saturated heterocycles. The highest BCUT2D eigenvalue weighted by molar-refractivity contribution is 5.96. The molecule has 0 spiro atoms. The van der Waals surface area contributed by atoms with Gasteiger partial charge in [0.15, 0.2) is 5.78 Å². The van der Waals surface area contributed by atoms with Gasteiger partial charge in [-0.3, -0.25) is 9.48 Å². The lowest BCUT2D eigenvalue weighted by molar-refractivity contribution is 0.0984. The summed E-state index contributed by atoms with van der Waals surface area (Å²) in [6.45, 7) is 3.93. The van der Waals surface area contributed by atoms with E-state index >= 15 is 0 Å². The van der Waals surface area contributed by atoms with Gasteiger partial charge >= 0.3 is 0 Å². The van der Waals surface area contributed by atoms with Gasteiger partial charge in [0.05, 0.1) is 5.69 Å². The van der Waals surface area contributed by atoms with E-state index < -0.39 is 0 Å². The van der Waals surface area contributed by atoms with E-state index in [-0.39, 0.29) is 5.78 Å². The average molecular weight is 228 g/mol. The maximum Gasteiger partial charge on any atom is 0.185 e. The first-order valence-electron chi connectivity index (χ1n) is 5.65. The van der Waals surface area contributed by atoms with E-state index in [1.807, 2.05) is 44.2 Å². The predicted molar refractivity (Wildman–Crippen MR) is 67.2 cm³/mol. The predicted octanol–water partition coefficient (Wildman–Crippen LogP) is 2.46. The smallest absolute Gasteiger partial charge is 0.185 e. The van der Waals surface area contributed by atoms with Gasteiger partial charge in [0.2, 0.25) is 0 Å². The van der Waals surface area contributed by atoms with Gasteiger partial charge in [-0.15, -0.1) is 0 Å². The molecule has 88 valence electrons. The Hall–Kier alpha value is -1.90. The van der Waals surface area contributed by atoms with Crippen molar-refractivity contribution in [2.45, 2.75) is 20.3 Å². The zero-order chi connectivity index (χ0) is 12.4. The number of aromatic nitrogens is 2. The lowest BCUT2D eigenvalue weighted by atomic mass is 10.1. The normalized spacial score (nSPS) is 10.5. The van der Waals surface area contributed by atoms with Crippen molar-refractivity contribution in [3.63, 3.8) is 0 Å². The summed E-state index contributed by atoms with van der Waals surface area (Å²) in [4.78, 5) is 12.1. The van der Waals surface area contributed by atoms with Crippen LogP contribution in [0.5, 0.6) is 0 Å². The molecule has 2 aromatic rings. The summed E-state index contributed by atoms with van der Waals surface area (Å²) in [7, 11) is 1.80. The first-order valence-corrected chi connectivity index (χ1v) is 5.65. The number of hydrogen-bond donors (Lipinski definition) is 0. The Labute approximate surface area is 101 Å². The molecule has 0 amide bonds. The molecule has 17 heavy (non-hydrogen) atoms. The van der Waals surface area contributed by atoms with E-state index in [2.05, 4.69) is 5.10 Å². The van der Waals surface area contributed by atoms with E-state index in [9.17, 15) is 4.79 Å². The van der Waals surface area contributed by atoms with Crippen LogP contribution in [0.15, 0.2) is 30.3 Å². The Kier molecular flexibility index (Phi) is 3.09. The fourth-order valence-corrected chi connectivity index (χ4v) is 1.85. The van der Waals surface area contributed by atoms with Crippen molar-refractivity contribution < 1.29 is 4.79 Å². The molecule has 1 heterocycles. The molecule has 0 radical (unpaired) electrons. The third kappa shape index (κ3) is 2.61. The lowest BCUT2D eigenvalue weighted by Crippen LogP contribution is -2.09. The van der Waals surface area contributed by atoms with Crippen LogP contribution in [0.1, 0.15) is 27.3 Å². The summed E-state index contributed by atoms with van der Waals surface area (Å²) in [5.74, 6) is 0.108. The van der Waals surface area contributed by atoms with Crippen LogP contribution in [-0.2, 0) is 13.5 Å². The summed E-state index contributed by atoms with van der Waals surface area (Å²) < 4.78 is 1.64. The maximum absolute atomic E-state index is 12.1. The number of aryl methyl sites for hydroxylation is 3. The average Bonchev–Trinajstić information content (AvgIpc) is 2.61. The topological polar surface area (TPSA) is 34.9 Å². The highest BCUT2D eigenvalue weighted by Gasteiger charge is 2.12. The van der Waals surface area contributed by atoms with Crippen LogP contribution in [-0.4, -0.2) is 15.6 Å². The Bertz CT molecular complexity index is 538. The van der Waals surface area contributed by atoms with Crippen molar-refractivity contribution >= 4 is 5.78 Å². The molecule has 0 fully saturated rings. The van der Waals surface area contributed by atoms with Gasteiger partial charge in [0.25, 0.3) is 0 Å². The number of benzene rings is 1. The second-order valence-corrected chi connectivity index (χ2v) is 4.38. The Morgan fingerprint density at radius 3 is 2.41 bits per heavy atom. The summed E-state index contributed by atoms with van der Waals surface area (Å²) in [6.07, 6.45) is 0.430. The molecule has 3 nitrogen and oxygen atoms in total. The molecule has 0 saturated carbocycles. The minimum atomic E-state index is 0.108. The third-order valence-electron chi connectivity index (χ3n) is 2.77. The minimum absolute atomic E-state index is 0.108. The summed E-state index contributed by atoms with van der Waals surface area (Å²) in [6, 6.07) is 9.87. The van der Waals surface area contributed by atoms with Crippen LogP contribution in [0.2, 0.25) is 0 Å². The molecule has 0 aliphatic carbocycles. The first kappa shape index (κ1) is 11.6. The fraction of sp³-hybridized carbons (Fsp3) is 0.286. The van der Waals surface area contributed by atoms with Crippen molar-refractivity contribution in [1.82, 2.24) is 9.78 Å². The Morgan fingerprint density at radius 1 is 1.24 bits per heavy atom. The number of hydrogen-bond acceptors (Lipinski definition) is 2. The minimum Gasteiger partial charge on any atom is -0.292 e. The van der Waals surface area contributed by atoms with Crippen LogP contribution in [0.4, 0.5) is 0 Å². The quantitative estimate of drug-likeness (QED) is 0.756. The van der Waals surface area contributed by atoms with Crippen LogP contribution >= 0.6 is 0 Å². The molecule has 3 heteroatoms. The molecule has 1 aromatic carbocycles. The zero-order valence-corrected chi connectivity index (χ0v) is 10.4. The van der Waals surface area contributed by atoms with E-state index in [0.717, 1.165) is 11.3 Å². The third-order valence-corrected chi connectivity index (χ3v) is 2.77. The van der Waals surface area contributed by atoms with E-state index in [1.165, 1.54) is 5.56 Å². The van der Waals surface area contributed by atoms with Crippen LogP contribution in [0.25, 0.3) is 0 Å². The van der Waals surface area contributed by atoms with E-state index in [4.69, 9.17) is 0 Å². The van der Waals surface area contributed by atoms with E-state index in [1.54, 1.807) is 11.7 Å². The first-order chi connectivity index (χ1) is 8.06. The second-order valence-electron chi connectivity index (χ2n) is 4.38. The van der Waals surface area contributed by atoms with Gasteiger partial charge in [-0.1, -0.05) is 29.8 Å². The zero-order valence-electron chi connectivity index (χ0n) is 10.4. The molecule has 2 rings (SSSR count). The SMILES string of the molecule is Cc1ccc(CC(=O)c2cc(C)nn2C)cc1. The molecule has 0 bridgehead atoms. The maximum atomic E-state index is 12.1. The number of carbonyl (C=O) groups excluding carboxylic acids is 1. The summed E-state index contributed by atoms with van der Waals surface area (Å²) in [5, 5.41) is 4.18. The number of nitrogens with zero attached hydrogens (tertiary/aromatic N) is 2. The van der Waals surface area contributed by atoms with Gasteiger partial charge in [0.1, 0.15) is 5.69 Å². The van der Waals surface area contributed by atoms with Crippen LogP contribution in [0.3, 0.4) is 0 Å². The molecular formula is C14H16N2O. The standard InChI is InChI=1S/C14H16N2O/c1-10-4-6-12(7-5-10)9-14(17)13-8-11(2)15-16(13)3/h4-8H,9H2,1-3H3. The summed E-state index contributed by atoms with van der Waals surface area (Å²) in [5.41, 5.74) is 3.79. The van der Waals surface area contributed by atoms with Gasteiger partial charge in [0, 0.05) is 13.5 Å². The monoisotopic (exact) mass is 228 g/mol. The lowest BCUT2D eigenvalue weighted by Gasteiger charge is -2.02. The van der Waals surface area contributed by atoms with Crippen molar-refractivity contribution in [3.8, 4) is 0 Å². The molecular weight excluding hydrogens is 212 g/mol. The van der Waals surface area contributed by atoms with Crippen molar-refractivity contribution in [3.05, 3.63) is 52.8 Å². The van der Waals surface area contributed by atoms with Crippen molar-refractivity contribution in [2.75, 3.05) is 0 Å². The van der Waals surface area contributed by atoms with Crippen molar-refractivity contribution in [1.29, 1.82) is 0 Å². The van der Waals surface area contributed by atoms with Gasteiger partial charge < -0.3 is 0 Å². The second kappa shape index (κ2) is 4.53. The van der Waals surface area contributed by atoms with Gasteiger partial charge in [-0.25, -0.2) is 0 Å². The summed E-state index contributed by atoms with van der Waals surface area (Å²) >= 11 is 0. The fourth-order valence-electron chi connectivity index (χ4n) is 1.85. The number of rotatable bonds is 3. The molecule has 0 atom stereocenters. The number of carbonyl (C=O) groups is 1. The molecule has 0 N–H and O–H groups in total. The Balaban J connectivity index is 2.17. The Morgan fingerprint density at radius 2 is 1.88 bits per heavy atom. The largest absolute Gasteiger partial charge is 0.292 e. The van der Waals surface area contributed by atoms with Crippen LogP contribution in [0, 0.1) is 13.8 Å². The molecule has 0 aliphatic rings. The van der Waals surface area contributed by atoms with Crippen LogP contribution < -0.4 is 0 Å². The highest BCUT2D eigenvalue weighted by atomic mass is 16.1. The van der Waals surface area contributed by atoms with E-state index in [0.29, 0.717) is 12.1 Å². The molecule has 1 aromatic heterocycles. The van der Waals surface area contributed by atoms with Gasteiger partial charge in [-0.05, 0) is 25.5 Å². The number of Topliss-reactive ketones (excluding diaryl/α,β-unsaturated/α-hetero) is 1. The highest BCUT2D eigenvalue weighted by Crippen LogP contribution is 2.09. The molecule has 0 unspecified atom stereocenters. The van der Waals surface area contributed by atoms with Gasteiger partial charge in [-0.2, -0.15) is 5.10 Å². The van der Waals surface area contributed by atoms with Crippen molar-refractivity contribution in [2.24, 2.45) is 7.05 Å². The number of ketones is 1.